The number of nitrogens with zero attached hydrogens (tertiary/aromatic N) is 10. The summed E-state index contributed by atoms with van der Waals surface area (Å²) in [7, 11) is 9.25. The van der Waals surface area contributed by atoms with Gasteiger partial charge in [0.2, 0.25) is 5.91 Å². The maximum atomic E-state index is 12.5. The second kappa shape index (κ2) is 10.3. The van der Waals surface area contributed by atoms with Crippen LogP contribution in [-0.4, -0.2) is 75.9 Å². The third-order valence-electron chi connectivity index (χ3n) is 9.31. The molecule has 0 aliphatic heterocycles. The Morgan fingerprint density at radius 1 is 1.02 bits per heavy atom. The monoisotopic (exact) mass is 618 g/mol. The fourth-order valence-corrected chi connectivity index (χ4v) is 6.76. The minimum atomic E-state index is -0.0692. The Labute approximate surface area is 266 Å². The molecule has 0 bridgehead atoms. The predicted octanol–water partition coefficient (Wildman–Crippen LogP) is 5.23. The van der Waals surface area contributed by atoms with Gasteiger partial charge in [-0.1, -0.05) is 26.0 Å². The van der Waals surface area contributed by atoms with Crippen LogP contribution in [0.1, 0.15) is 62.4 Å². The molecule has 2 atom stereocenters. The van der Waals surface area contributed by atoms with E-state index in [0.717, 1.165) is 75.2 Å². The first kappa shape index (κ1) is 28.5. The van der Waals surface area contributed by atoms with Crippen molar-refractivity contribution < 1.29 is 9.53 Å². The summed E-state index contributed by atoms with van der Waals surface area (Å²) in [5.74, 6) is 2.09. The summed E-state index contributed by atoms with van der Waals surface area (Å²) in [5, 5.41) is 16.2. The van der Waals surface area contributed by atoms with Crippen molar-refractivity contribution in [1.82, 2.24) is 48.8 Å². The molecular weight excluding hydrogens is 580 g/mol. The van der Waals surface area contributed by atoms with Gasteiger partial charge in [0.25, 0.3) is 5.88 Å². The van der Waals surface area contributed by atoms with Gasteiger partial charge in [0.05, 0.1) is 42.2 Å². The molecule has 0 radical (unpaired) electrons. The van der Waals surface area contributed by atoms with Gasteiger partial charge in [0.15, 0.2) is 5.65 Å². The van der Waals surface area contributed by atoms with E-state index >= 15 is 0 Å². The number of imidazole rings is 1. The second-order valence-corrected chi connectivity index (χ2v) is 13.3. The van der Waals surface area contributed by atoms with Gasteiger partial charge in [-0.25, -0.2) is 14.6 Å². The first-order valence-electron chi connectivity index (χ1n) is 15.9. The Balaban J connectivity index is 1.24. The third kappa shape index (κ3) is 4.49. The molecule has 0 spiro atoms. The molecule has 1 amide bonds. The molecule has 8 rings (SSSR count). The van der Waals surface area contributed by atoms with Gasteiger partial charge in [0.1, 0.15) is 11.5 Å². The number of amides is 1. The highest BCUT2D eigenvalue weighted by Crippen LogP contribution is 2.48. The van der Waals surface area contributed by atoms with Crippen LogP contribution in [0.2, 0.25) is 0 Å². The van der Waals surface area contributed by atoms with Crippen molar-refractivity contribution in [3.63, 3.8) is 0 Å². The predicted molar refractivity (Wildman–Crippen MR) is 175 cm³/mol. The zero-order valence-electron chi connectivity index (χ0n) is 27.3. The number of pyridine rings is 1. The van der Waals surface area contributed by atoms with Crippen LogP contribution < -0.4 is 4.74 Å². The van der Waals surface area contributed by atoms with Crippen LogP contribution >= 0.6 is 0 Å². The second-order valence-electron chi connectivity index (χ2n) is 13.3. The number of benzene rings is 1. The van der Waals surface area contributed by atoms with Gasteiger partial charge in [-0.3, -0.25) is 14.2 Å². The van der Waals surface area contributed by atoms with E-state index in [4.69, 9.17) is 19.8 Å². The zero-order valence-corrected chi connectivity index (χ0v) is 27.3. The number of rotatable bonds is 8. The fraction of sp³-hybridized carbons (Fsp3) is 0.412. The SMILES string of the molecule is COc1nn(C2CC2C(=O)N(C)C)cc1-n1cc2c(-c3nc(-c4cc5cn(C)nc5nc4C(C)C)n(C)c3C3CC3)cccc2n1. The number of aryl methyl sites for hydroxylation is 1. The molecule has 12 nitrogen and oxygen atoms in total. The quantitative estimate of drug-likeness (QED) is 0.230. The molecule has 2 fully saturated rings. The Morgan fingerprint density at radius 3 is 2.54 bits per heavy atom. The molecule has 5 heterocycles. The number of hydrogen-bond acceptors (Lipinski definition) is 7. The van der Waals surface area contributed by atoms with E-state index in [1.54, 1.807) is 26.1 Å². The van der Waals surface area contributed by atoms with E-state index in [9.17, 15) is 4.79 Å². The molecule has 2 saturated carbocycles. The molecule has 1 aromatic carbocycles. The summed E-state index contributed by atoms with van der Waals surface area (Å²) >= 11 is 0. The fourth-order valence-electron chi connectivity index (χ4n) is 6.76. The molecule has 2 aliphatic carbocycles. The first-order valence-corrected chi connectivity index (χ1v) is 15.9. The van der Waals surface area contributed by atoms with E-state index in [1.165, 1.54) is 5.69 Å². The molecule has 2 aliphatic rings. The highest BCUT2D eigenvalue weighted by atomic mass is 16.5. The molecule has 5 aromatic heterocycles. The van der Waals surface area contributed by atoms with E-state index in [0.29, 0.717) is 11.8 Å². The van der Waals surface area contributed by atoms with Crippen LogP contribution in [0.25, 0.3) is 50.3 Å². The smallest absolute Gasteiger partial charge is 0.258 e. The summed E-state index contributed by atoms with van der Waals surface area (Å²) in [4.78, 5) is 24.6. The summed E-state index contributed by atoms with van der Waals surface area (Å²) in [6, 6.07) is 8.41. The third-order valence-corrected chi connectivity index (χ3v) is 9.31. The maximum Gasteiger partial charge on any atom is 0.258 e. The van der Waals surface area contributed by atoms with Crippen molar-refractivity contribution >= 4 is 27.8 Å². The minimum absolute atomic E-state index is 0.0160. The highest BCUT2D eigenvalue weighted by molar-refractivity contribution is 5.95. The molecule has 0 saturated heterocycles. The zero-order chi connectivity index (χ0) is 32.0. The average Bonchev–Trinajstić information content (AvgIpc) is 3.84. The first-order chi connectivity index (χ1) is 22.1. The largest absolute Gasteiger partial charge is 0.478 e. The summed E-state index contributed by atoms with van der Waals surface area (Å²) in [6.07, 6.45) is 9.04. The maximum absolute atomic E-state index is 12.5. The van der Waals surface area contributed by atoms with E-state index < -0.39 is 0 Å². The summed E-state index contributed by atoms with van der Waals surface area (Å²) < 4.78 is 13.5. The Hall–Kier alpha value is -5.00. The van der Waals surface area contributed by atoms with Gasteiger partial charge < -0.3 is 14.2 Å². The van der Waals surface area contributed by atoms with Crippen molar-refractivity contribution in [3.8, 4) is 34.2 Å². The van der Waals surface area contributed by atoms with Crippen molar-refractivity contribution in [2.45, 2.75) is 51.0 Å². The molecule has 12 heteroatoms. The molecule has 236 valence electrons. The molecule has 0 N–H and O–H groups in total. The van der Waals surface area contributed by atoms with Crippen molar-refractivity contribution in [2.24, 2.45) is 20.0 Å². The van der Waals surface area contributed by atoms with Gasteiger partial charge in [-0.15, -0.1) is 5.10 Å². The molecule has 6 aromatic rings. The molecule has 46 heavy (non-hydrogen) atoms. The minimum Gasteiger partial charge on any atom is -0.478 e. The highest BCUT2D eigenvalue weighted by Gasteiger charge is 2.46. The van der Waals surface area contributed by atoms with Crippen LogP contribution in [0, 0.1) is 5.92 Å². The summed E-state index contributed by atoms with van der Waals surface area (Å²) in [6.45, 7) is 4.34. The van der Waals surface area contributed by atoms with E-state index in [-0.39, 0.29) is 23.8 Å². The number of carbonyl (C=O) groups is 1. The Morgan fingerprint density at radius 2 is 1.83 bits per heavy atom. The van der Waals surface area contributed by atoms with Gasteiger partial charge in [-0.05, 0) is 37.3 Å². The van der Waals surface area contributed by atoms with Crippen LogP contribution in [0.4, 0.5) is 0 Å². The lowest BCUT2D eigenvalue weighted by Gasteiger charge is -2.12. The van der Waals surface area contributed by atoms with Crippen molar-refractivity contribution in [1.29, 1.82) is 0 Å². The van der Waals surface area contributed by atoms with E-state index in [2.05, 4.69) is 47.8 Å². The lowest BCUT2D eigenvalue weighted by molar-refractivity contribution is -0.130. The van der Waals surface area contributed by atoms with Crippen LogP contribution in [0.15, 0.2) is 42.9 Å². The number of hydrogen-bond donors (Lipinski definition) is 0. The molecule has 2 unspecified atom stereocenters. The Kier molecular flexibility index (Phi) is 6.35. The van der Waals surface area contributed by atoms with E-state index in [1.807, 2.05) is 51.8 Å². The lowest BCUT2D eigenvalue weighted by Crippen LogP contribution is -2.24. The molecular formula is C34H38N10O2. The van der Waals surface area contributed by atoms with Crippen LogP contribution in [0.3, 0.4) is 0 Å². The lowest BCUT2D eigenvalue weighted by atomic mass is 10.0. The van der Waals surface area contributed by atoms with Gasteiger partial charge >= 0.3 is 0 Å². The topological polar surface area (TPSA) is 114 Å². The number of fused-ring (bicyclic) bond motifs is 2. The van der Waals surface area contributed by atoms with Gasteiger partial charge in [-0.2, -0.15) is 10.2 Å². The average molecular weight is 619 g/mol. The summed E-state index contributed by atoms with van der Waals surface area (Å²) in [5.41, 5.74) is 7.64. The number of methoxy groups -OCH3 is 1. The van der Waals surface area contributed by atoms with Gasteiger partial charge in [0, 0.05) is 74.1 Å². The number of aromatic nitrogens is 9. The van der Waals surface area contributed by atoms with Crippen molar-refractivity contribution in [2.75, 3.05) is 21.2 Å². The van der Waals surface area contributed by atoms with Crippen LogP contribution in [0.5, 0.6) is 5.88 Å². The number of carbonyl (C=O) groups excluding carboxylic acids is 1. The van der Waals surface area contributed by atoms with Crippen molar-refractivity contribution in [3.05, 3.63) is 54.2 Å². The normalized spacial score (nSPS) is 17.8. The van der Waals surface area contributed by atoms with Crippen LogP contribution in [-0.2, 0) is 18.9 Å². The number of ether oxygens (including phenoxy) is 1. The standard InChI is InChI=1S/C34H38N10O2/c1-18(2)28-23(13-20-15-41(5)38-31(20)35-28)32-36-29(30(42(32)6)19-11-12-19)21-9-8-10-25-24(21)16-43(37-25)27-17-44(39-33(27)46-7)26-14-22(26)34(45)40(3)4/h8-10,13,15-19,22,26H,11-12,14H2,1-7H3. The Bertz CT molecular complexity index is 2160.